The van der Waals surface area contributed by atoms with Crippen LogP contribution in [0.15, 0.2) is 46.9 Å². The summed E-state index contributed by atoms with van der Waals surface area (Å²) in [4.78, 5) is 16.2. The summed E-state index contributed by atoms with van der Waals surface area (Å²) in [7, 11) is 0. The smallest absolute Gasteiger partial charge is 0.294 e. The normalized spacial score (nSPS) is 10.5. The minimum Gasteiger partial charge on any atom is -0.436 e. The first-order chi connectivity index (χ1) is 10.6. The summed E-state index contributed by atoms with van der Waals surface area (Å²) in [5.41, 5.74) is 2.25. The molecule has 2 heterocycles. The molecule has 0 radical (unpaired) electrons. The van der Waals surface area contributed by atoms with Crippen molar-refractivity contribution in [3.05, 3.63) is 59.8 Å². The number of oxazole rings is 1. The lowest BCUT2D eigenvalue weighted by molar-refractivity contribution is 0.0994. The van der Waals surface area contributed by atoms with Crippen LogP contribution >= 0.6 is 0 Å². The Morgan fingerprint density at radius 3 is 2.41 bits per heavy atom. The number of rotatable bonds is 3. The number of hydrogen-bond acceptors (Lipinski definition) is 5. The molecule has 6 nitrogen and oxygen atoms in total. The van der Waals surface area contributed by atoms with E-state index in [0.29, 0.717) is 17.4 Å². The van der Waals surface area contributed by atoms with Gasteiger partial charge in [-0.25, -0.2) is 4.98 Å². The standard InChI is InChI=1S/C16H14N4O2/c1-10-15(22-11(2)17-10)16(21)18-14-9-8-13(19-20-14)12-6-4-3-5-7-12/h3-9H,1-2H3,(H,18,20,21). The third-order valence-electron chi connectivity index (χ3n) is 3.09. The molecule has 3 rings (SSSR count). The zero-order chi connectivity index (χ0) is 15.5. The van der Waals surface area contributed by atoms with Crippen LogP contribution in [0.5, 0.6) is 0 Å². The van der Waals surface area contributed by atoms with E-state index in [1.807, 2.05) is 30.3 Å². The SMILES string of the molecule is Cc1nc(C)c(C(=O)Nc2ccc(-c3ccccc3)nn2)o1. The van der Waals surface area contributed by atoms with Gasteiger partial charge in [0, 0.05) is 12.5 Å². The highest BCUT2D eigenvalue weighted by atomic mass is 16.4. The molecule has 1 amide bonds. The second-order valence-corrected chi connectivity index (χ2v) is 4.77. The first kappa shape index (κ1) is 13.9. The van der Waals surface area contributed by atoms with Crippen molar-refractivity contribution in [2.75, 3.05) is 5.32 Å². The van der Waals surface area contributed by atoms with Crippen LogP contribution in [0.25, 0.3) is 11.3 Å². The molecule has 0 aliphatic carbocycles. The van der Waals surface area contributed by atoms with Crippen molar-refractivity contribution in [2.45, 2.75) is 13.8 Å². The van der Waals surface area contributed by atoms with Gasteiger partial charge in [-0.15, -0.1) is 10.2 Å². The van der Waals surface area contributed by atoms with Gasteiger partial charge in [-0.05, 0) is 19.1 Å². The molecule has 0 unspecified atom stereocenters. The van der Waals surface area contributed by atoms with E-state index in [4.69, 9.17) is 4.42 Å². The monoisotopic (exact) mass is 294 g/mol. The molecule has 22 heavy (non-hydrogen) atoms. The number of carbonyl (C=O) groups is 1. The number of amides is 1. The molecule has 0 spiro atoms. The van der Waals surface area contributed by atoms with Crippen molar-refractivity contribution >= 4 is 11.7 Å². The van der Waals surface area contributed by atoms with E-state index in [2.05, 4.69) is 20.5 Å². The molecule has 110 valence electrons. The van der Waals surface area contributed by atoms with E-state index in [0.717, 1.165) is 11.3 Å². The molecule has 2 aromatic heterocycles. The third-order valence-corrected chi connectivity index (χ3v) is 3.09. The van der Waals surface area contributed by atoms with Crippen molar-refractivity contribution in [3.63, 3.8) is 0 Å². The Morgan fingerprint density at radius 1 is 1.05 bits per heavy atom. The highest BCUT2D eigenvalue weighted by molar-refractivity contribution is 6.02. The first-order valence-corrected chi connectivity index (χ1v) is 6.78. The van der Waals surface area contributed by atoms with Crippen LogP contribution in [-0.4, -0.2) is 21.1 Å². The Hall–Kier alpha value is -3.02. The van der Waals surface area contributed by atoms with Gasteiger partial charge in [0.25, 0.3) is 5.91 Å². The Kier molecular flexibility index (Phi) is 3.65. The van der Waals surface area contributed by atoms with Crippen LogP contribution < -0.4 is 5.32 Å². The van der Waals surface area contributed by atoms with Crippen molar-refractivity contribution in [1.82, 2.24) is 15.2 Å². The zero-order valence-electron chi connectivity index (χ0n) is 12.2. The molecule has 0 fully saturated rings. The lowest BCUT2D eigenvalue weighted by Crippen LogP contribution is -2.13. The number of aromatic nitrogens is 3. The van der Waals surface area contributed by atoms with Crippen molar-refractivity contribution in [2.24, 2.45) is 0 Å². The molecule has 0 aliphatic rings. The van der Waals surface area contributed by atoms with Gasteiger partial charge < -0.3 is 9.73 Å². The number of anilines is 1. The molecule has 3 aromatic rings. The Labute approximate surface area is 127 Å². The fourth-order valence-corrected chi connectivity index (χ4v) is 2.08. The molecule has 0 saturated heterocycles. The van der Waals surface area contributed by atoms with Crippen LogP contribution in [0.3, 0.4) is 0 Å². The minimum atomic E-state index is -0.389. The minimum absolute atomic E-state index is 0.187. The maximum absolute atomic E-state index is 12.1. The second kappa shape index (κ2) is 5.77. The van der Waals surface area contributed by atoms with Gasteiger partial charge in [-0.2, -0.15) is 0 Å². The maximum Gasteiger partial charge on any atom is 0.294 e. The first-order valence-electron chi connectivity index (χ1n) is 6.78. The number of nitrogens with one attached hydrogen (secondary N) is 1. The lowest BCUT2D eigenvalue weighted by atomic mass is 10.1. The highest BCUT2D eigenvalue weighted by Crippen LogP contribution is 2.17. The quantitative estimate of drug-likeness (QED) is 0.803. The summed E-state index contributed by atoms with van der Waals surface area (Å²) < 4.78 is 5.27. The van der Waals surface area contributed by atoms with Crippen LogP contribution in [0.2, 0.25) is 0 Å². The van der Waals surface area contributed by atoms with E-state index in [-0.39, 0.29) is 11.7 Å². The number of hydrogen-bond donors (Lipinski definition) is 1. The highest BCUT2D eigenvalue weighted by Gasteiger charge is 2.16. The Bertz CT molecular complexity index is 795. The maximum atomic E-state index is 12.1. The molecule has 1 aromatic carbocycles. The van der Waals surface area contributed by atoms with Crippen LogP contribution in [-0.2, 0) is 0 Å². The van der Waals surface area contributed by atoms with Gasteiger partial charge in [-0.3, -0.25) is 4.79 Å². The van der Waals surface area contributed by atoms with Gasteiger partial charge in [0.15, 0.2) is 11.7 Å². The van der Waals surface area contributed by atoms with Crippen molar-refractivity contribution in [1.29, 1.82) is 0 Å². The molecular formula is C16H14N4O2. The summed E-state index contributed by atoms with van der Waals surface area (Å²) >= 11 is 0. The molecule has 0 bridgehead atoms. The summed E-state index contributed by atoms with van der Waals surface area (Å²) in [6.07, 6.45) is 0. The van der Waals surface area contributed by atoms with Crippen LogP contribution in [0.4, 0.5) is 5.82 Å². The Balaban J connectivity index is 1.76. The van der Waals surface area contributed by atoms with Gasteiger partial charge in [0.1, 0.15) is 0 Å². The molecule has 0 saturated carbocycles. The molecule has 6 heteroatoms. The lowest BCUT2D eigenvalue weighted by Gasteiger charge is -2.03. The van der Waals surface area contributed by atoms with E-state index in [1.165, 1.54) is 0 Å². The number of carbonyl (C=O) groups excluding carboxylic acids is 1. The average molecular weight is 294 g/mol. The fraction of sp³-hybridized carbons (Fsp3) is 0.125. The van der Waals surface area contributed by atoms with Crippen molar-refractivity contribution < 1.29 is 9.21 Å². The summed E-state index contributed by atoms with van der Waals surface area (Å²) in [5, 5.41) is 10.8. The Morgan fingerprint density at radius 2 is 1.82 bits per heavy atom. The van der Waals surface area contributed by atoms with E-state index in [1.54, 1.807) is 26.0 Å². The van der Waals surface area contributed by atoms with E-state index in [9.17, 15) is 4.79 Å². The molecule has 0 atom stereocenters. The summed E-state index contributed by atoms with van der Waals surface area (Å²) in [6.45, 7) is 3.41. The number of nitrogens with zero attached hydrogens (tertiary/aromatic N) is 3. The summed E-state index contributed by atoms with van der Waals surface area (Å²) in [5.74, 6) is 0.609. The second-order valence-electron chi connectivity index (χ2n) is 4.77. The topological polar surface area (TPSA) is 80.9 Å². The molecule has 1 N–H and O–H groups in total. The van der Waals surface area contributed by atoms with Gasteiger partial charge >= 0.3 is 0 Å². The van der Waals surface area contributed by atoms with E-state index < -0.39 is 0 Å². The van der Waals surface area contributed by atoms with Gasteiger partial charge in [0.05, 0.1) is 11.4 Å². The molecule has 0 aliphatic heterocycles. The average Bonchev–Trinajstić information content (AvgIpc) is 2.88. The van der Waals surface area contributed by atoms with Gasteiger partial charge in [0.2, 0.25) is 5.76 Å². The predicted octanol–water partition coefficient (Wildman–Crippen LogP) is 3.00. The molecular weight excluding hydrogens is 280 g/mol. The predicted molar refractivity (Wildman–Crippen MR) is 81.4 cm³/mol. The van der Waals surface area contributed by atoms with Crippen LogP contribution in [0.1, 0.15) is 22.1 Å². The van der Waals surface area contributed by atoms with Crippen molar-refractivity contribution in [3.8, 4) is 11.3 Å². The number of benzene rings is 1. The fourth-order valence-electron chi connectivity index (χ4n) is 2.08. The summed E-state index contributed by atoms with van der Waals surface area (Å²) in [6, 6.07) is 13.2. The van der Waals surface area contributed by atoms with Gasteiger partial charge in [-0.1, -0.05) is 30.3 Å². The number of aryl methyl sites for hydroxylation is 2. The third kappa shape index (κ3) is 2.85. The van der Waals surface area contributed by atoms with Crippen LogP contribution in [0, 0.1) is 13.8 Å². The van der Waals surface area contributed by atoms with E-state index >= 15 is 0 Å². The zero-order valence-corrected chi connectivity index (χ0v) is 12.2. The largest absolute Gasteiger partial charge is 0.436 e.